The van der Waals surface area contributed by atoms with E-state index in [2.05, 4.69) is 9.98 Å². The molecule has 2 aromatic rings. The molecule has 0 bridgehead atoms. The lowest BCUT2D eigenvalue weighted by Gasteiger charge is -2.26. The van der Waals surface area contributed by atoms with E-state index in [9.17, 15) is 0 Å². The minimum Gasteiger partial charge on any atom is -0.378 e. The molecule has 0 aliphatic carbocycles. The van der Waals surface area contributed by atoms with Crippen LogP contribution in [0.5, 0.6) is 0 Å². The van der Waals surface area contributed by atoms with Gasteiger partial charge < -0.3 is 9.64 Å². The van der Waals surface area contributed by atoms with Gasteiger partial charge in [-0.1, -0.05) is 48.5 Å². The van der Waals surface area contributed by atoms with Crippen molar-refractivity contribution >= 4 is 28.4 Å². The number of ether oxygens (including phenoxy) is 1. The molecule has 0 radical (unpaired) electrons. The number of aliphatic imine (C=N–C) groups is 2. The summed E-state index contributed by atoms with van der Waals surface area (Å²) in [7, 11) is 0. The van der Waals surface area contributed by atoms with Gasteiger partial charge >= 0.3 is 0 Å². The van der Waals surface area contributed by atoms with Crippen molar-refractivity contribution in [1.29, 1.82) is 0 Å². The summed E-state index contributed by atoms with van der Waals surface area (Å²) in [6, 6.07) is 19.6. The average molecular weight is 328 g/mol. The molecule has 0 amide bonds. The number of rotatable bonds is 2. The Morgan fingerprint density at radius 1 is 0.913 bits per heavy atom. The fraction of sp³-hybridized carbons (Fsp3) is 0.222. The van der Waals surface area contributed by atoms with E-state index in [1.807, 2.05) is 65.6 Å². The van der Waals surface area contributed by atoms with Gasteiger partial charge in [0.1, 0.15) is 0 Å². The molecule has 1 aliphatic rings. The van der Waals surface area contributed by atoms with Gasteiger partial charge in [-0.3, -0.25) is 0 Å². The first-order valence-corrected chi connectivity index (χ1v) is 7.97. The topological polar surface area (TPSA) is 37.2 Å². The highest BCUT2D eigenvalue weighted by Gasteiger charge is 2.14. The molecule has 0 atom stereocenters. The third kappa shape index (κ3) is 4.41. The number of nitrogens with zero attached hydrogens (tertiary/aromatic N) is 3. The van der Waals surface area contributed by atoms with Gasteiger partial charge in [-0.25, -0.2) is 4.99 Å². The van der Waals surface area contributed by atoms with E-state index < -0.39 is 0 Å². The lowest BCUT2D eigenvalue weighted by Crippen LogP contribution is -2.38. The van der Waals surface area contributed by atoms with Gasteiger partial charge in [0.05, 0.1) is 18.9 Å². The van der Waals surface area contributed by atoms with Crippen molar-refractivity contribution in [1.82, 2.24) is 4.90 Å². The van der Waals surface area contributed by atoms with Gasteiger partial charge in [-0.2, -0.15) is 4.99 Å². The zero-order chi connectivity index (χ0) is 15.9. The minimum absolute atomic E-state index is 0.451. The first kappa shape index (κ1) is 15.7. The van der Waals surface area contributed by atoms with Crippen LogP contribution in [0.3, 0.4) is 0 Å². The van der Waals surface area contributed by atoms with Crippen LogP contribution >= 0.6 is 11.6 Å². The van der Waals surface area contributed by atoms with Crippen LogP contribution in [-0.4, -0.2) is 42.3 Å². The minimum atomic E-state index is 0.451. The Balaban J connectivity index is 1.93. The van der Waals surface area contributed by atoms with Crippen LogP contribution in [-0.2, 0) is 4.74 Å². The van der Waals surface area contributed by atoms with Gasteiger partial charge in [0.25, 0.3) is 0 Å². The summed E-state index contributed by atoms with van der Waals surface area (Å²) >= 11 is 6.41. The third-order valence-corrected chi connectivity index (χ3v) is 3.82. The molecule has 0 saturated carbocycles. The Labute approximate surface area is 141 Å². The molecule has 0 spiro atoms. The summed E-state index contributed by atoms with van der Waals surface area (Å²) < 4.78 is 5.35. The van der Waals surface area contributed by atoms with Gasteiger partial charge in [-0.05, 0) is 23.7 Å². The van der Waals surface area contributed by atoms with Crippen molar-refractivity contribution in [3.8, 4) is 0 Å². The summed E-state index contributed by atoms with van der Waals surface area (Å²) in [6.45, 7) is 2.83. The van der Waals surface area contributed by atoms with Crippen molar-refractivity contribution in [3.63, 3.8) is 0 Å². The van der Waals surface area contributed by atoms with Crippen LogP contribution in [0, 0.1) is 0 Å². The van der Waals surface area contributed by atoms with Gasteiger partial charge in [-0.15, -0.1) is 0 Å². The van der Waals surface area contributed by atoms with Crippen LogP contribution in [0.15, 0.2) is 70.6 Å². The fourth-order valence-electron chi connectivity index (χ4n) is 2.27. The molecule has 4 nitrogen and oxygen atoms in total. The van der Waals surface area contributed by atoms with E-state index in [4.69, 9.17) is 16.3 Å². The zero-order valence-corrected chi connectivity index (χ0v) is 13.5. The van der Waals surface area contributed by atoms with Crippen molar-refractivity contribution in [2.24, 2.45) is 9.98 Å². The Morgan fingerprint density at radius 2 is 1.52 bits per heavy atom. The lowest BCUT2D eigenvalue weighted by atomic mass is 10.2. The van der Waals surface area contributed by atoms with Crippen LogP contribution in [0.25, 0.3) is 0 Å². The lowest BCUT2D eigenvalue weighted by molar-refractivity contribution is 0.0692. The second kappa shape index (κ2) is 7.90. The molecule has 2 aromatic carbocycles. The number of hydrogen-bond acceptors (Lipinski definition) is 2. The van der Waals surface area contributed by atoms with Crippen LogP contribution < -0.4 is 0 Å². The molecule has 1 saturated heterocycles. The van der Waals surface area contributed by atoms with Crippen molar-refractivity contribution in [2.75, 3.05) is 26.3 Å². The van der Waals surface area contributed by atoms with Crippen molar-refractivity contribution < 1.29 is 4.74 Å². The smallest absolute Gasteiger partial charge is 0.200 e. The first-order chi connectivity index (χ1) is 11.3. The van der Waals surface area contributed by atoms with Crippen molar-refractivity contribution in [2.45, 2.75) is 0 Å². The number of hydrogen-bond donors (Lipinski definition) is 0. The predicted octanol–water partition coefficient (Wildman–Crippen LogP) is 3.69. The molecule has 118 valence electrons. The number of morpholine rings is 1. The Morgan fingerprint density at radius 3 is 2.17 bits per heavy atom. The second-order valence-corrected chi connectivity index (χ2v) is 5.46. The molecule has 0 unspecified atom stereocenters. The molecular formula is C18H18ClN3O. The van der Waals surface area contributed by atoms with E-state index in [-0.39, 0.29) is 0 Å². The summed E-state index contributed by atoms with van der Waals surface area (Å²) in [6.07, 6.45) is 0. The van der Waals surface area contributed by atoms with E-state index in [0.29, 0.717) is 24.3 Å². The van der Waals surface area contributed by atoms with Crippen LogP contribution in [0.2, 0.25) is 0 Å². The molecule has 0 aromatic heterocycles. The second-order valence-electron chi connectivity index (χ2n) is 5.12. The van der Waals surface area contributed by atoms with Crippen LogP contribution in [0.4, 0.5) is 5.69 Å². The summed E-state index contributed by atoms with van der Waals surface area (Å²) in [4.78, 5) is 11.2. The standard InChI is InChI=1S/C18H18ClN3O/c19-18(22-11-13-23-14-12-22)21-17(15-7-3-1-4-8-15)20-16-9-5-2-6-10-16/h1-10H,11-14H2. The quantitative estimate of drug-likeness (QED) is 0.479. The molecular weight excluding hydrogens is 310 g/mol. The highest BCUT2D eigenvalue weighted by atomic mass is 35.5. The highest BCUT2D eigenvalue weighted by Crippen LogP contribution is 2.15. The van der Waals surface area contributed by atoms with E-state index in [0.717, 1.165) is 24.3 Å². The maximum Gasteiger partial charge on any atom is 0.200 e. The molecule has 1 fully saturated rings. The number of benzene rings is 2. The molecule has 5 heteroatoms. The molecule has 1 heterocycles. The Hall–Kier alpha value is -2.17. The molecule has 1 aliphatic heterocycles. The van der Waals surface area contributed by atoms with Gasteiger partial charge in [0.15, 0.2) is 5.84 Å². The SMILES string of the molecule is ClC(=NC(=Nc1ccccc1)c1ccccc1)N1CCOCC1. The number of halogens is 1. The van der Waals surface area contributed by atoms with Gasteiger partial charge in [0.2, 0.25) is 5.29 Å². The fourth-order valence-corrected chi connectivity index (χ4v) is 2.52. The number of para-hydroxylation sites is 1. The largest absolute Gasteiger partial charge is 0.378 e. The molecule has 23 heavy (non-hydrogen) atoms. The molecule has 0 N–H and O–H groups in total. The number of amidine groups is 2. The normalized spacial score (nSPS) is 16.5. The average Bonchev–Trinajstić information content (AvgIpc) is 2.63. The predicted molar refractivity (Wildman–Crippen MR) is 94.8 cm³/mol. The molecule has 3 rings (SSSR count). The highest BCUT2D eigenvalue weighted by molar-refractivity contribution is 6.65. The maximum absolute atomic E-state index is 6.41. The van der Waals surface area contributed by atoms with E-state index in [1.54, 1.807) is 0 Å². The van der Waals surface area contributed by atoms with Crippen LogP contribution in [0.1, 0.15) is 5.56 Å². The Bertz CT molecular complexity index is 680. The Kier molecular flexibility index (Phi) is 5.40. The van der Waals surface area contributed by atoms with E-state index in [1.165, 1.54) is 0 Å². The monoisotopic (exact) mass is 327 g/mol. The maximum atomic E-state index is 6.41. The summed E-state index contributed by atoms with van der Waals surface area (Å²) in [5.74, 6) is 0.605. The third-order valence-electron chi connectivity index (χ3n) is 3.49. The summed E-state index contributed by atoms with van der Waals surface area (Å²) in [5, 5.41) is 0.451. The van der Waals surface area contributed by atoms with Crippen molar-refractivity contribution in [3.05, 3.63) is 66.2 Å². The first-order valence-electron chi connectivity index (χ1n) is 7.59. The van der Waals surface area contributed by atoms with E-state index >= 15 is 0 Å². The summed E-state index contributed by atoms with van der Waals surface area (Å²) in [5.41, 5.74) is 1.78. The van der Waals surface area contributed by atoms with Gasteiger partial charge in [0, 0.05) is 18.7 Å². The zero-order valence-electron chi connectivity index (χ0n) is 12.7.